The van der Waals surface area contributed by atoms with Crippen molar-refractivity contribution in [2.75, 3.05) is 56.6 Å². The van der Waals surface area contributed by atoms with Gasteiger partial charge in [-0.25, -0.2) is 31.3 Å². The Kier molecular flexibility index (Phi) is 8.40. The molecule has 0 aliphatic carbocycles. The highest BCUT2D eigenvalue weighted by Gasteiger charge is 2.47. The van der Waals surface area contributed by atoms with E-state index in [-0.39, 0.29) is 61.3 Å². The number of rotatable bonds is 10. The van der Waals surface area contributed by atoms with E-state index in [4.69, 9.17) is 18.6 Å². The zero-order valence-corrected chi connectivity index (χ0v) is 26.0. The summed E-state index contributed by atoms with van der Waals surface area (Å²) in [6.45, 7) is 0.481. The number of carbonyl (C=O) groups is 1. The van der Waals surface area contributed by atoms with E-state index in [0.29, 0.717) is 48.1 Å². The van der Waals surface area contributed by atoms with Gasteiger partial charge in [-0.05, 0) is 25.3 Å². The molecule has 2 aromatic heterocycles. The number of para-hydroxylation sites is 1. The Morgan fingerprint density at radius 3 is 2.55 bits per heavy atom. The van der Waals surface area contributed by atoms with Gasteiger partial charge in [-0.2, -0.15) is 8.42 Å². The number of hydrogen-bond donors (Lipinski definition) is 0. The SMILES string of the molecule is COc1ccccc1[C@H](CN1c2nc(-c3ncco3)n(C)c2C(=O)N(CCN2CCCS2(=O)=O)S1(=O)=O)OC1CCOCC1. The molecular weight excluding hydrogens is 616 g/mol. The van der Waals surface area contributed by atoms with Crippen LogP contribution in [-0.2, 0) is 36.8 Å². The number of oxazole rings is 1. The van der Waals surface area contributed by atoms with Crippen LogP contribution in [0.15, 0.2) is 41.1 Å². The van der Waals surface area contributed by atoms with Gasteiger partial charge < -0.3 is 23.2 Å². The lowest BCUT2D eigenvalue weighted by atomic mass is 10.1. The molecule has 17 heteroatoms. The topological polar surface area (TPSA) is 167 Å². The Morgan fingerprint density at radius 1 is 1.09 bits per heavy atom. The molecule has 1 amide bonds. The Hall–Kier alpha value is -3.51. The molecule has 0 N–H and O–H groups in total. The minimum atomic E-state index is -4.57. The number of sulfonamides is 1. The first-order valence-electron chi connectivity index (χ1n) is 14.3. The predicted octanol–water partition coefficient (Wildman–Crippen LogP) is 1.56. The largest absolute Gasteiger partial charge is 0.496 e. The van der Waals surface area contributed by atoms with Crippen LogP contribution in [0.2, 0.25) is 0 Å². The third-order valence-electron chi connectivity index (χ3n) is 8.02. The molecule has 238 valence electrons. The van der Waals surface area contributed by atoms with Gasteiger partial charge in [0, 0.05) is 38.9 Å². The first-order chi connectivity index (χ1) is 21.1. The van der Waals surface area contributed by atoms with Crippen molar-refractivity contribution in [2.24, 2.45) is 7.05 Å². The van der Waals surface area contributed by atoms with Crippen LogP contribution in [0.4, 0.5) is 5.82 Å². The number of methoxy groups -OCH3 is 1. The molecule has 44 heavy (non-hydrogen) atoms. The van der Waals surface area contributed by atoms with Crippen LogP contribution in [0.5, 0.6) is 5.75 Å². The number of aromatic nitrogens is 3. The maximum absolute atomic E-state index is 14.3. The van der Waals surface area contributed by atoms with Crippen LogP contribution < -0.4 is 9.04 Å². The molecule has 5 heterocycles. The molecule has 1 aromatic carbocycles. The molecule has 15 nitrogen and oxygen atoms in total. The Balaban J connectivity index is 1.43. The van der Waals surface area contributed by atoms with Crippen molar-refractivity contribution in [2.45, 2.75) is 31.5 Å². The summed E-state index contributed by atoms with van der Waals surface area (Å²) in [7, 11) is -5.00. The van der Waals surface area contributed by atoms with Crippen molar-refractivity contribution in [3.8, 4) is 17.5 Å². The Labute approximate surface area is 255 Å². The number of ether oxygens (including phenoxy) is 3. The normalized spacial score (nSPS) is 21.0. The summed E-state index contributed by atoms with van der Waals surface area (Å²) in [4.78, 5) is 22.6. The van der Waals surface area contributed by atoms with Gasteiger partial charge in [-0.1, -0.05) is 18.2 Å². The van der Waals surface area contributed by atoms with Gasteiger partial charge in [-0.15, -0.1) is 0 Å². The molecule has 6 rings (SSSR count). The van der Waals surface area contributed by atoms with E-state index in [1.54, 1.807) is 25.2 Å². The second-order valence-electron chi connectivity index (χ2n) is 10.7. The Bertz CT molecular complexity index is 1720. The van der Waals surface area contributed by atoms with Crippen molar-refractivity contribution in [1.29, 1.82) is 0 Å². The summed E-state index contributed by atoms with van der Waals surface area (Å²) < 4.78 is 81.1. The average molecular weight is 651 g/mol. The van der Waals surface area contributed by atoms with Crippen LogP contribution in [0.3, 0.4) is 0 Å². The zero-order chi connectivity index (χ0) is 31.1. The highest BCUT2D eigenvalue weighted by molar-refractivity contribution is 7.91. The maximum Gasteiger partial charge on any atom is 0.330 e. The number of amides is 1. The minimum Gasteiger partial charge on any atom is -0.496 e. The molecule has 1 atom stereocenters. The second kappa shape index (κ2) is 12.1. The zero-order valence-electron chi connectivity index (χ0n) is 24.4. The number of nitrogens with zero attached hydrogens (tertiary/aromatic N) is 6. The molecule has 0 unspecified atom stereocenters. The van der Waals surface area contributed by atoms with E-state index in [1.165, 1.54) is 28.4 Å². The standard InChI is InChI=1S/C27H34N6O9S2/c1-30-23-24(29-25(30)26-28-10-16-41-26)33(44(37,38)32(27(23)34)13-12-31-11-5-17-43(31,35)36)18-22(42-19-8-14-40-15-9-19)20-6-3-4-7-21(20)39-2/h3-4,6-7,10,16,19,22H,5,8-9,11-15,17-18H2,1-2H3/t22-/m0/s1. The molecule has 2 saturated heterocycles. The lowest BCUT2D eigenvalue weighted by Gasteiger charge is -2.38. The molecule has 3 aromatic rings. The van der Waals surface area contributed by atoms with Gasteiger partial charge in [0.15, 0.2) is 17.3 Å². The highest BCUT2D eigenvalue weighted by atomic mass is 32.2. The average Bonchev–Trinajstić information content (AvgIpc) is 3.74. The first-order valence-corrected chi connectivity index (χ1v) is 17.3. The number of hydrogen-bond acceptors (Lipinski definition) is 11. The lowest BCUT2D eigenvalue weighted by molar-refractivity contribution is -0.0668. The van der Waals surface area contributed by atoms with Gasteiger partial charge >= 0.3 is 10.2 Å². The van der Waals surface area contributed by atoms with Crippen LogP contribution in [0, 0.1) is 0 Å². The van der Waals surface area contributed by atoms with Crippen molar-refractivity contribution >= 4 is 32.0 Å². The summed E-state index contributed by atoms with van der Waals surface area (Å²) >= 11 is 0. The fraction of sp³-hybridized carbons (Fsp3) is 0.519. The number of fused-ring (bicyclic) bond motifs is 1. The smallest absolute Gasteiger partial charge is 0.330 e. The Morgan fingerprint density at radius 2 is 1.86 bits per heavy atom. The maximum atomic E-state index is 14.3. The van der Waals surface area contributed by atoms with E-state index in [0.717, 1.165) is 4.31 Å². The highest BCUT2D eigenvalue weighted by Crippen LogP contribution is 2.38. The van der Waals surface area contributed by atoms with Crippen molar-refractivity contribution in [1.82, 2.24) is 23.1 Å². The summed E-state index contributed by atoms with van der Waals surface area (Å²) in [5, 5.41) is 0. The number of anilines is 1. The molecular formula is C27H34N6O9S2. The molecule has 2 fully saturated rings. The molecule has 3 aliphatic heterocycles. The van der Waals surface area contributed by atoms with Gasteiger partial charge in [0.25, 0.3) is 11.8 Å². The van der Waals surface area contributed by atoms with Gasteiger partial charge in [0.2, 0.25) is 10.0 Å². The summed E-state index contributed by atoms with van der Waals surface area (Å²) in [6.07, 6.45) is 3.41. The molecule has 0 bridgehead atoms. The van der Waals surface area contributed by atoms with Crippen molar-refractivity contribution in [3.05, 3.63) is 48.0 Å². The van der Waals surface area contributed by atoms with Gasteiger partial charge in [-0.3, -0.25) is 4.79 Å². The molecule has 0 spiro atoms. The summed E-state index contributed by atoms with van der Waals surface area (Å²) in [5.41, 5.74) is 0.607. The van der Waals surface area contributed by atoms with E-state index < -0.39 is 32.2 Å². The van der Waals surface area contributed by atoms with E-state index in [1.807, 2.05) is 6.07 Å². The number of benzene rings is 1. The fourth-order valence-electron chi connectivity index (χ4n) is 5.76. The first kappa shape index (κ1) is 30.5. The predicted molar refractivity (Wildman–Crippen MR) is 157 cm³/mol. The minimum absolute atomic E-state index is 0.0119. The van der Waals surface area contributed by atoms with Gasteiger partial charge in [0.1, 0.15) is 18.1 Å². The van der Waals surface area contributed by atoms with E-state index in [2.05, 4.69) is 9.97 Å². The fourth-order valence-corrected chi connectivity index (χ4v) is 8.79. The van der Waals surface area contributed by atoms with Crippen molar-refractivity contribution < 1.29 is 40.3 Å². The van der Waals surface area contributed by atoms with Crippen LogP contribution in [0.25, 0.3) is 11.7 Å². The lowest BCUT2D eigenvalue weighted by Crippen LogP contribution is -2.55. The van der Waals surface area contributed by atoms with Crippen LogP contribution in [-0.4, -0.2) is 104 Å². The third-order valence-corrected chi connectivity index (χ3v) is 11.8. The molecule has 0 radical (unpaired) electrons. The number of carbonyl (C=O) groups excluding carboxylic acids is 1. The molecule has 0 saturated carbocycles. The van der Waals surface area contributed by atoms with Crippen molar-refractivity contribution in [3.63, 3.8) is 0 Å². The molecule has 3 aliphatic rings. The third kappa shape index (κ3) is 5.58. The summed E-state index contributed by atoms with van der Waals surface area (Å²) in [5.74, 6) is -0.202. The quantitative estimate of drug-likeness (QED) is 0.312. The van der Waals surface area contributed by atoms with Crippen LogP contribution in [0.1, 0.15) is 41.4 Å². The number of imidazole rings is 1. The van der Waals surface area contributed by atoms with E-state index in [9.17, 15) is 21.6 Å². The summed E-state index contributed by atoms with van der Waals surface area (Å²) in [6, 6.07) is 7.18. The second-order valence-corrected chi connectivity index (χ2v) is 14.5. The van der Waals surface area contributed by atoms with E-state index >= 15 is 0 Å². The monoisotopic (exact) mass is 650 g/mol. The van der Waals surface area contributed by atoms with Gasteiger partial charge in [0.05, 0.1) is 38.3 Å². The van der Waals surface area contributed by atoms with Crippen LogP contribution >= 0.6 is 0 Å².